The summed E-state index contributed by atoms with van der Waals surface area (Å²) >= 11 is 0. The lowest BCUT2D eigenvalue weighted by Gasteiger charge is -2.26. The largest absolute Gasteiger partial charge is 0.493 e. The molecule has 1 nitrogen and oxygen atoms in total. The second kappa shape index (κ2) is 4.25. The van der Waals surface area contributed by atoms with Gasteiger partial charge in [-0.3, -0.25) is 0 Å². The third kappa shape index (κ3) is 1.93. The summed E-state index contributed by atoms with van der Waals surface area (Å²) < 4.78 is 5.73. The number of aryl methyl sites for hydroxylation is 1. The molecule has 1 heteroatoms. The summed E-state index contributed by atoms with van der Waals surface area (Å²) in [7, 11) is 0. The van der Waals surface area contributed by atoms with Gasteiger partial charge in [0.15, 0.2) is 0 Å². The summed E-state index contributed by atoms with van der Waals surface area (Å²) in [4.78, 5) is 0. The Morgan fingerprint density at radius 1 is 1.06 bits per heavy atom. The number of rotatable bonds is 1. The Labute approximate surface area is 102 Å². The minimum Gasteiger partial charge on any atom is -0.493 e. The zero-order chi connectivity index (χ0) is 11.7. The Morgan fingerprint density at radius 3 is 2.71 bits per heavy atom. The van der Waals surface area contributed by atoms with E-state index in [-0.39, 0.29) is 0 Å². The van der Waals surface area contributed by atoms with Crippen molar-refractivity contribution in [1.29, 1.82) is 0 Å². The minimum absolute atomic E-state index is 0.486. The summed E-state index contributed by atoms with van der Waals surface area (Å²) in [5.41, 5.74) is 4.03. The Bertz CT molecular complexity index is 516. The van der Waals surface area contributed by atoms with E-state index in [0.717, 1.165) is 18.8 Å². The monoisotopic (exact) mass is 224 g/mol. The summed E-state index contributed by atoms with van der Waals surface area (Å²) in [6, 6.07) is 17.2. The van der Waals surface area contributed by atoms with Crippen LogP contribution in [-0.2, 0) is 0 Å². The fourth-order valence-corrected chi connectivity index (χ4v) is 2.55. The van der Waals surface area contributed by atoms with Gasteiger partial charge in [-0.2, -0.15) is 0 Å². The van der Waals surface area contributed by atoms with Gasteiger partial charge in [-0.05, 0) is 25.0 Å². The second-order valence-electron chi connectivity index (χ2n) is 4.64. The molecular weight excluding hydrogens is 208 g/mol. The first-order valence-electron chi connectivity index (χ1n) is 6.13. The Morgan fingerprint density at radius 2 is 1.88 bits per heavy atom. The highest BCUT2D eigenvalue weighted by Gasteiger charge is 2.22. The quantitative estimate of drug-likeness (QED) is 0.713. The van der Waals surface area contributed by atoms with Gasteiger partial charge in [-0.1, -0.05) is 48.0 Å². The van der Waals surface area contributed by atoms with Gasteiger partial charge >= 0.3 is 0 Å². The van der Waals surface area contributed by atoms with Crippen molar-refractivity contribution in [3.8, 4) is 5.75 Å². The predicted octanol–water partition coefficient (Wildman–Crippen LogP) is 3.91. The molecule has 1 atom stereocenters. The SMILES string of the molecule is Cc1ccc2c(c1)C(c1ccccc1)CCO2. The molecule has 0 fully saturated rings. The average molecular weight is 224 g/mol. The van der Waals surface area contributed by atoms with E-state index in [1.807, 2.05) is 0 Å². The molecule has 0 aromatic heterocycles. The van der Waals surface area contributed by atoms with Crippen molar-refractivity contribution >= 4 is 0 Å². The molecule has 0 amide bonds. The number of hydrogen-bond donors (Lipinski definition) is 0. The van der Waals surface area contributed by atoms with Crippen molar-refractivity contribution in [2.75, 3.05) is 6.61 Å². The first-order chi connectivity index (χ1) is 8.34. The van der Waals surface area contributed by atoms with E-state index in [1.165, 1.54) is 16.7 Å². The van der Waals surface area contributed by atoms with Crippen LogP contribution >= 0.6 is 0 Å². The average Bonchev–Trinajstić information content (AvgIpc) is 2.39. The summed E-state index contributed by atoms with van der Waals surface area (Å²) in [5.74, 6) is 1.54. The van der Waals surface area contributed by atoms with Crippen LogP contribution in [0.15, 0.2) is 48.5 Å². The van der Waals surface area contributed by atoms with E-state index in [1.54, 1.807) is 0 Å². The van der Waals surface area contributed by atoms with Gasteiger partial charge in [0.25, 0.3) is 0 Å². The molecule has 0 saturated heterocycles. The maximum Gasteiger partial charge on any atom is 0.123 e. The lowest BCUT2D eigenvalue weighted by Crippen LogP contribution is -2.15. The zero-order valence-electron chi connectivity index (χ0n) is 10.0. The molecule has 0 N–H and O–H groups in total. The standard InChI is InChI=1S/C16H16O/c1-12-7-8-16-15(11-12)14(9-10-17-16)13-5-3-2-4-6-13/h2-8,11,14H,9-10H2,1H3. The van der Waals surface area contributed by atoms with Gasteiger partial charge in [0.1, 0.15) is 5.75 Å². The van der Waals surface area contributed by atoms with Crippen LogP contribution in [0.2, 0.25) is 0 Å². The minimum atomic E-state index is 0.486. The van der Waals surface area contributed by atoms with Crippen molar-refractivity contribution in [3.63, 3.8) is 0 Å². The molecule has 3 rings (SSSR count). The van der Waals surface area contributed by atoms with Gasteiger partial charge in [0.05, 0.1) is 6.61 Å². The fourth-order valence-electron chi connectivity index (χ4n) is 2.55. The van der Waals surface area contributed by atoms with Crippen LogP contribution in [0.1, 0.15) is 29.0 Å². The number of ether oxygens (including phenoxy) is 1. The van der Waals surface area contributed by atoms with Gasteiger partial charge in [0.2, 0.25) is 0 Å². The molecule has 17 heavy (non-hydrogen) atoms. The molecule has 2 aromatic carbocycles. The van der Waals surface area contributed by atoms with E-state index in [0.29, 0.717) is 5.92 Å². The van der Waals surface area contributed by atoms with Crippen molar-refractivity contribution in [1.82, 2.24) is 0 Å². The first-order valence-corrected chi connectivity index (χ1v) is 6.13. The van der Waals surface area contributed by atoms with Crippen LogP contribution in [0.5, 0.6) is 5.75 Å². The molecule has 1 aliphatic rings. The zero-order valence-corrected chi connectivity index (χ0v) is 10.0. The molecule has 1 heterocycles. The second-order valence-corrected chi connectivity index (χ2v) is 4.64. The topological polar surface area (TPSA) is 9.23 Å². The van der Waals surface area contributed by atoms with Crippen LogP contribution in [0, 0.1) is 6.92 Å². The highest BCUT2D eigenvalue weighted by atomic mass is 16.5. The Balaban J connectivity index is 2.08. The van der Waals surface area contributed by atoms with Crippen LogP contribution in [0.3, 0.4) is 0 Å². The molecule has 0 spiro atoms. The van der Waals surface area contributed by atoms with Crippen molar-refractivity contribution < 1.29 is 4.74 Å². The maximum atomic E-state index is 5.73. The van der Waals surface area contributed by atoms with E-state index < -0.39 is 0 Å². The van der Waals surface area contributed by atoms with E-state index >= 15 is 0 Å². The summed E-state index contributed by atoms with van der Waals surface area (Å²) in [6.45, 7) is 2.95. The van der Waals surface area contributed by atoms with Gasteiger partial charge in [-0.25, -0.2) is 0 Å². The third-order valence-electron chi connectivity index (χ3n) is 3.41. The van der Waals surface area contributed by atoms with Crippen molar-refractivity contribution in [3.05, 3.63) is 65.2 Å². The smallest absolute Gasteiger partial charge is 0.123 e. The number of benzene rings is 2. The number of fused-ring (bicyclic) bond motifs is 1. The predicted molar refractivity (Wildman–Crippen MR) is 69.6 cm³/mol. The highest BCUT2D eigenvalue weighted by molar-refractivity contribution is 5.45. The first kappa shape index (κ1) is 10.4. The molecule has 0 saturated carbocycles. The summed E-state index contributed by atoms with van der Waals surface area (Å²) in [5, 5.41) is 0. The lowest BCUT2D eigenvalue weighted by atomic mass is 9.86. The maximum absolute atomic E-state index is 5.73. The van der Waals surface area contributed by atoms with Crippen molar-refractivity contribution in [2.45, 2.75) is 19.3 Å². The van der Waals surface area contributed by atoms with Crippen LogP contribution in [-0.4, -0.2) is 6.61 Å². The van der Waals surface area contributed by atoms with E-state index in [2.05, 4.69) is 55.5 Å². The molecule has 0 aliphatic carbocycles. The third-order valence-corrected chi connectivity index (χ3v) is 3.41. The highest BCUT2D eigenvalue weighted by Crippen LogP contribution is 2.38. The normalized spacial score (nSPS) is 18.3. The molecule has 0 bridgehead atoms. The lowest BCUT2D eigenvalue weighted by molar-refractivity contribution is 0.277. The Kier molecular flexibility index (Phi) is 2.60. The van der Waals surface area contributed by atoms with Crippen LogP contribution < -0.4 is 4.74 Å². The van der Waals surface area contributed by atoms with E-state index in [4.69, 9.17) is 4.74 Å². The molecule has 1 unspecified atom stereocenters. The van der Waals surface area contributed by atoms with Crippen LogP contribution in [0.4, 0.5) is 0 Å². The van der Waals surface area contributed by atoms with Gasteiger partial charge < -0.3 is 4.74 Å². The Hall–Kier alpha value is -1.76. The van der Waals surface area contributed by atoms with Gasteiger partial charge in [-0.15, -0.1) is 0 Å². The molecule has 2 aromatic rings. The van der Waals surface area contributed by atoms with E-state index in [9.17, 15) is 0 Å². The van der Waals surface area contributed by atoms with Crippen LogP contribution in [0.25, 0.3) is 0 Å². The molecule has 0 radical (unpaired) electrons. The molecular formula is C16H16O. The van der Waals surface area contributed by atoms with Gasteiger partial charge in [0, 0.05) is 11.5 Å². The molecule has 1 aliphatic heterocycles. The number of hydrogen-bond acceptors (Lipinski definition) is 1. The summed E-state index contributed by atoms with van der Waals surface area (Å²) in [6.07, 6.45) is 1.07. The van der Waals surface area contributed by atoms with Crippen molar-refractivity contribution in [2.24, 2.45) is 0 Å². The fraction of sp³-hybridized carbons (Fsp3) is 0.250. The molecule has 86 valence electrons.